The van der Waals surface area contributed by atoms with Gasteiger partial charge in [-0.3, -0.25) is 4.79 Å². The van der Waals surface area contributed by atoms with Crippen molar-refractivity contribution in [2.75, 3.05) is 7.11 Å². The van der Waals surface area contributed by atoms with Crippen LogP contribution in [0.25, 0.3) is 10.6 Å². The fourth-order valence-electron chi connectivity index (χ4n) is 2.34. The molecule has 1 aromatic heterocycles. The second-order valence-corrected chi connectivity index (χ2v) is 6.97. The summed E-state index contributed by atoms with van der Waals surface area (Å²) >= 11 is 7.17. The predicted molar refractivity (Wildman–Crippen MR) is 107 cm³/mol. The number of phenolic OH excluding ortho intramolecular Hbond substituents is 1. The molecule has 3 aromatic rings. The fourth-order valence-corrected chi connectivity index (χ4v) is 3.43. The Morgan fingerprint density at radius 3 is 2.74 bits per heavy atom. The summed E-state index contributed by atoms with van der Waals surface area (Å²) in [4.78, 5) is 17.3. The maximum Gasteiger partial charge on any atom is 0.283 e. The highest BCUT2D eigenvalue weighted by atomic mass is 35.5. The van der Waals surface area contributed by atoms with Crippen molar-refractivity contribution in [3.8, 4) is 22.1 Å². The molecule has 8 heteroatoms. The zero-order valence-corrected chi connectivity index (χ0v) is 16.1. The summed E-state index contributed by atoms with van der Waals surface area (Å²) in [5.41, 5.74) is 4.38. The number of hydrazone groups is 1. The first-order valence-corrected chi connectivity index (χ1v) is 9.11. The summed E-state index contributed by atoms with van der Waals surface area (Å²) in [5, 5.41) is 15.3. The molecule has 0 atom stereocenters. The summed E-state index contributed by atoms with van der Waals surface area (Å²) < 4.78 is 5.04. The fraction of sp³-hybridized carbons (Fsp3) is 0.105. The first kappa shape index (κ1) is 18.9. The predicted octanol–water partition coefficient (Wildman–Crippen LogP) is 4.25. The van der Waals surface area contributed by atoms with Crippen molar-refractivity contribution >= 4 is 35.1 Å². The quantitative estimate of drug-likeness (QED) is 0.494. The van der Waals surface area contributed by atoms with Crippen LogP contribution in [0.1, 0.15) is 20.9 Å². The van der Waals surface area contributed by atoms with E-state index in [9.17, 15) is 9.90 Å². The number of para-hydroxylation sites is 1. The van der Waals surface area contributed by atoms with E-state index >= 15 is 0 Å². The number of carbonyl (C=O) groups is 1. The van der Waals surface area contributed by atoms with E-state index in [-0.39, 0.29) is 11.7 Å². The smallest absolute Gasteiger partial charge is 0.283 e. The second kappa shape index (κ2) is 8.20. The van der Waals surface area contributed by atoms with Gasteiger partial charge in [0, 0.05) is 16.1 Å². The molecule has 1 heterocycles. The molecular weight excluding hydrogens is 386 g/mol. The molecule has 0 saturated heterocycles. The molecule has 0 spiro atoms. The van der Waals surface area contributed by atoms with Crippen LogP contribution in [0.2, 0.25) is 5.02 Å². The number of aromatic hydroxyl groups is 1. The minimum Gasteiger partial charge on any atom is -0.504 e. The molecule has 3 rings (SSSR count). The minimum absolute atomic E-state index is 0.0444. The number of halogens is 1. The van der Waals surface area contributed by atoms with Crippen molar-refractivity contribution in [1.82, 2.24) is 10.4 Å². The zero-order valence-electron chi connectivity index (χ0n) is 14.6. The number of aromatic nitrogens is 1. The van der Waals surface area contributed by atoms with Crippen LogP contribution in [-0.2, 0) is 0 Å². The van der Waals surface area contributed by atoms with Crippen LogP contribution in [0, 0.1) is 6.92 Å². The van der Waals surface area contributed by atoms with Crippen molar-refractivity contribution in [3.05, 3.63) is 63.6 Å². The first-order valence-electron chi connectivity index (χ1n) is 7.92. The third kappa shape index (κ3) is 4.27. The summed E-state index contributed by atoms with van der Waals surface area (Å²) in [7, 11) is 1.46. The van der Waals surface area contributed by atoms with Crippen LogP contribution < -0.4 is 10.2 Å². The molecule has 0 aliphatic rings. The minimum atomic E-state index is -0.371. The zero-order chi connectivity index (χ0) is 19.4. The van der Waals surface area contributed by atoms with Gasteiger partial charge in [0.1, 0.15) is 9.88 Å². The van der Waals surface area contributed by atoms with Gasteiger partial charge in [-0.2, -0.15) is 5.10 Å². The van der Waals surface area contributed by atoms with E-state index < -0.39 is 0 Å². The van der Waals surface area contributed by atoms with E-state index in [2.05, 4.69) is 15.5 Å². The summed E-state index contributed by atoms with van der Waals surface area (Å²) in [5.74, 6) is -0.0861. The van der Waals surface area contributed by atoms with Crippen LogP contribution in [0.15, 0.2) is 47.6 Å². The standard InChI is InChI=1S/C19H16ClN3O3S/c1-11-17(27-19(22-11)12-6-8-14(20)9-7-12)18(25)23-21-10-13-4-3-5-15(26-2)16(13)24/h3-10,24H,1-2H3,(H,23,25)/b21-10+. The number of thiazole rings is 1. The molecule has 0 bridgehead atoms. The third-order valence-corrected chi connectivity index (χ3v) is 5.17. The molecule has 0 aliphatic carbocycles. The van der Waals surface area contributed by atoms with Gasteiger partial charge < -0.3 is 9.84 Å². The second-order valence-electron chi connectivity index (χ2n) is 5.54. The lowest BCUT2D eigenvalue weighted by Gasteiger charge is -2.04. The van der Waals surface area contributed by atoms with Gasteiger partial charge in [-0.1, -0.05) is 29.8 Å². The highest BCUT2D eigenvalue weighted by molar-refractivity contribution is 7.17. The molecule has 27 heavy (non-hydrogen) atoms. The number of carbonyl (C=O) groups excluding carboxylic acids is 1. The Balaban J connectivity index is 1.74. The molecule has 0 saturated carbocycles. The van der Waals surface area contributed by atoms with E-state index in [4.69, 9.17) is 16.3 Å². The Hall–Kier alpha value is -2.90. The van der Waals surface area contributed by atoms with Gasteiger partial charge in [0.2, 0.25) is 0 Å². The monoisotopic (exact) mass is 401 g/mol. The van der Waals surface area contributed by atoms with Gasteiger partial charge in [0.05, 0.1) is 19.0 Å². The van der Waals surface area contributed by atoms with Gasteiger partial charge in [0.25, 0.3) is 5.91 Å². The third-order valence-electron chi connectivity index (χ3n) is 3.71. The van der Waals surface area contributed by atoms with Crippen LogP contribution in [0.4, 0.5) is 0 Å². The van der Waals surface area contributed by atoms with Crippen LogP contribution in [0.5, 0.6) is 11.5 Å². The molecule has 0 unspecified atom stereocenters. The summed E-state index contributed by atoms with van der Waals surface area (Å²) in [6.45, 7) is 1.77. The average Bonchev–Trinajstić information content (AvgIpc) is 3.05. The average molecular weight is 402 g/mol. The van der Waals surface area contributed by atoms with Gasteiger partial charge in [-0.15, -0.1) is 11.3 Å². The van der Waals surface area contributed by atoms with Crippen LogP contribution in [-0.4, -0.2) is 29.3 Å². The first-order chi connectivity index (χ1) is 13.0. The number of phenols is 1. The lowest BCUT2D eigenvalue weighted by molar-refractivity contribution is 0.0958. The number of rotatable bonds is 5. The number of hydrogen-bond acceptors (Lipinski definition) is 6. The Morgan fingerprint density at radius 2 is 2.04 bits per heavy atom. The molecule has 6 nitrogen and oxygen atoms in total. The number of methoxy groups -OCH3 is 1. The van der Waals surface area contributed by atoms with Gasteiger partial charge in [0.15, 0.2) is 11.5 Å². The van der Waals surface area contributed by atoms with Crippen molar-refractivity contribution < 1.29 is 14.6 Å². The van der Waals surface area contributed by atoms with Crippen LogP contribution in [0.3, 0.4) is 0 Å². The van der Waals surface area contributed by atoms with Gasteiger partial charge >= 0.3 is 0 Å². The number of nitrogens with zero attached hydrogens (tertiary/aromatic N) is 2. The maximum atomic E-state index is 12.4. The highest BCUT2D eigenvalue weighted by Gasteiger charge is 2.16. The Morgan fingerprint density at radius 1 is 1.30 bits per heavy atom. The number of benzene rings is 2. The molecule has 2 aromatic carbocycles. The van der Waals surface area contributed by atoms with Crippen LogP contribution >= 0.6 is 22.9 Å². The Bertz CT molecular complexity index is 1000. The number of ether oxygens (including phenoxy) is 1. The number of hydrogen-bond donors (Lipinski definition) is 2. The number of nitrogens with one attached hydrogen (secondary N) is 1. The molecule has 1 amide bonds. The van der Waals surface area contributed by atoms with E-state index in [1.54, 1.807) is 37.3 Å². The molecular formula is C19H16ClN3O3S. The Labute approximate surface area is 165 Å². The summed E-state index contributed by atoms with van der Waals surface area (Å²) in [6, 6.07) is 12.3. The molecule has 138 valence electrons. The molecule has 0 fully saturated rings. The van der Waals surface area contributed by atoms with E-state index in [1.807, 2.05) is 12.1 Å². The SMILES string of the molecule is COc1cccc(/C=N/NC(=O)c2sc(-c3ccc(Cl)cc3)nc2C)c1O. The van der Waals surface area contributed by atoms with Gasteiger partial charge in [-0.25, -0.2) is 10.4 Å². The number of aryl methyl sites for hydroxylation is 1. The maximum absolute atomic E-state index is 12.4. The van der Waals surface area contributed by atoms with Crippen molar-refractivity contribution in [2.45, 2.75) is 6.92 Å². The lowest BCUT2D eigenvalue weighted by atomic mass is 10.2. The number of amides is 1. The topological polar surface area (TPSA) is 83.8 Å². The highest BCUT2D eigenvalue weighted by Crippen LogP contribution is 2.29. The van der Waals surface area contributed by atoms with E-state index in [1.165, 1.54) is 24.7 Å². The van der Waals surface area contributed by atoms with E-state index in [0.717, 1.165) is 10.6 Å². The molecule has 0 aliphatic heterocycles. The lowest BCUT2D eigenvalue weighted by Crippen LogP contribution is -2.17. The normalized spacial score (nSPS) is 10.9. The molecule has 2 N–H and O–H groups in total. The van der Waals surface area contributed by atoms with E-state index in [0.29, 0.717) is 26.9 Å². The summed E-state index contributed by atoms with van der Waals surface area (Å²) in [6.07, 6.45) is 1.35. The van der Waals surface area contributed by atoms with Gasteiger partial charge in [-0.05, 0) is 31.2 Å². The Kier molecular flexibility index (Phi) is 5.73. The van der Waals surface area contributed by atoms with Crippen molar-refractivity contribution in [3.63, 3.8) is 0 Å². The van der Waals surface area contributed by atoms with Crippen molar-refractivity contribution in [1.29, 1.82) is 0 Å². The largest absolute Gasteiger partial charge is 0.504 e. The molecule has 0 radical (unpaired) electrons. The van der Waals surface area contributed by atoms with Crippen molar-refractivity contribution in [2.24, 2.45) is 5.10 Å².